The van der Waals surface area contributed by atoms with Crippen molar-refractivity contribution >= 4 is 33.5 Å². The van der Waals surface area contributed by atoms with Gasteiger partial charge in [0.15, 0.2) is 11.5 Å². The Hall–Kier alpha value is -1.69. The number of carbonyl (C=O) groups excluding carboxylic acids is 1. The summed E-state index contributed by atoms with van der Waals surface area (Å²) in [5, 5.41) is 4.74. The minimum atomic E-state index is -0.451. The van der Waals surface area contributed by atoms with Crippen molar-refractivity contribution in [1.82, 2.24) is 9.97 Å². The monoisotopic (exact) mass is 237 g/mol. The van der Waals surface area contributed by atoms with Crippen molar-refractivity contribution in [3.05, 3.63) is 17.1 Å². The Bertz CT molecular complexity index is 524. The van der Waals surface area contributed by atoms with E-state index in [1.807, 2.05) is 11.4 Å². The molecule has 2 rings (SSSR count). The van der Waals surface area contributed by atoms with E-state index >= 15 is 0 Å². The Morgan fingerprint density at radius 1 is 1.56 bits per heavy atom. The number of hydrogen-bond acceptors (Lipinski definition) is 6. The van der Waals surface area contributed by atoms with Crippen LogP contribution in [0.15, 0.2) is 11.4 Å². The lowest BCUT2D eigenvalue weighted by Crippen LogP contribution is -2.11. The van der Waals surface area contributed by atoms with Crippen molar-refractivity contribution in [2.45, 2.75) is 6.92 Å². The quantitative estimate of drug-likeness (QED) is 0.826. The highest BCUT2D eigenvalue weighted by atomic mass is 32.1. The van der Waals surface area contributed by atoms with E-state index in [1.54, 1.807) is 14.0 Å². The van der Waals surface area contributed by atoms with Crippen LogP contribution in [-0.4, -0.2) is 29.6 Å². The van der Waals surface area contributed by atoms with E-state index in [4.69, 9.17) is 4.74 Å². The van der Waals surface area contributed by atoms with Gasteiger partial charge in [-0.3, -0.25) is 0 Å². The highest BCUT2D eigenvalue weighted by Crippen LogP contribution is 2.21. The highest BCUT2D eigenvalue weighted by Gasteiger charge is 2.16. The summed E-state index contributed by atoms with van der Waals surface area (Å²) in [7, 11) is 1.70. The first-order valence-electron chi connectivity index (χ1n) is 4.86. The third kappa shape index (κ3) is 1.83. The maximum absolute atomic E-state index is 11.6. The lowest BCUT2D eigenvalue weighted by molar-refractivity contribution is 0.0521. The van der Waals surface area contributed by atoms with Crippen molar-refractivity contribution in [1.29, 1.82) is 0 Å². The first kappa shape index (κ1) is 10.8. The normalized spacial score (nSPS) is 10.4. The number of aromatic nitrogens is 2. The third-order valence-corrected chi connectivity index (χ3v) is 2.80. The van der Waals surface area contributed by atoms with E-state index in [0.717, 1.165) is 4.83 Å². The Kier molecular flexibility index (Phi) is 3.00. The molecule has 0 unspecified atom stereocenters. The van der Waals surface area contributed by atoms with Crippen LogP contribution < -0.4 is 5.32 Å². The number of thiophene rings is 1. The Morgan fingerprint density at radius 3 is 3.06 bits per heavy atom. The molecular formula is C10H11N3O2S. The molecule has 84 valence electrons. The zero-order chi connectivity index (χ0) is 11.5. The minimum Gasteiger partial charge on any atom is -0.461 e. The van der Waals surface area contributed by atoms with Gasteiger partial charge in [0.1, 0.15) is 10.3 Å². The fourth-order valence-electron chi connectivity index (χ4n) is 1.31. The molecular weight excluding hydrogens is 226 g/mol. The number of hydrogen-bond donors (Lipinski definition) is 1. The molecule has 1 N–H and O–H groups in total. The second kappa shape index (κ2) is 4.44. The summed E-state index contributed by atoms with van der Waals surface area (Å²) < 4.78 is 4.92. The molecule has 0 spiro atoms. The van der Waals surface area contributed by atoms with Gasteiger partial charge in [0, 0.05) is 7.05 Å². The molecule has 0 aromatic carbocycles. The van der Waals surface area contributed by atoms with Crippen molar-refractivity contribution in [2.75, 3.05) is 19.0 Å². The molecule has 0 aliphatic carbocycles. The molecule has 5 nitrogen and oxygen atoms in total. The summed E-state index contributed by atoms with van der Waals surface area (Å²) in [6, 6.07) is 1.83. The van der Waals surface area contributed by atoms with Crippen LogP contribution in [0.4, 0.5) is 5.82 Å². The highest BCUT2D eigenvalue weighted by molar-refractivity contribution is 7.16. The summed E-state index contributed by atoms with van der Waals surface area (Å²) in [6.45, 7) is 2.08. The molecule has 0 fully saturated rings. The van der Waals surface area contributed by atoms with Gasteiger partial charge in [0.2, 0.25) is 0 Å². The fourth-order valence-corrected chi connectivity index (χ4v) is 2.01. The molecule has 0 aliphatic heterocycles. The van der Waals surface area contributed by atoms with Gasteiger partial charge in [-0.25, -0.2) is 14.8 Å². The van der Waals surface area contributed by atoms with Crippen molar-refractivity contribution in [3.8, 4) is 0 Å². The van der Waals surface area contributed by atoms with E-state index in [0.29, 0.717) is 17.9 Å². The fraction of sp³-hybridized carbons (Fsp3) is 0.300. The summed E-state index contributed by atoms with van der Waals surface area (Å²) in [4.78, 5) is 21.0. The Balaban J connectivity index is 2.52. The number of carbonyl (C=O) groups is 1. The predicted molar refractivity (Wildman–Crippen MR) is 62.9 cm³/mol. The number of nitrogens with one attached hydrogen (secondary N) is 1. The number of anilines is 1. The maximum atomic E-state index is 11.6. The number of nitrogens with zero attached hydrogens (tertiary/aromatic N) is 2. The summed E-state index contributed by atoms with van der Waals surface area (Å²) in [5.74, 6) is 0.000787. The lowest BCUT2D eigenvalue weighted by Gasteiger charge is -2.06. The molecule has 0 bridgehead atoms. The van der Waals surface area contributed by atoms with Crippen LogP contribution in [0.3, 0.4) is 0 Å². The molecule has 0 radical (unpaired) electrons. The second-order valence-electron chi connectivity index (χ2n) is 3.00. The van der Waals surface area contributed by atoms with Gasteiger partial charge >= 0.3 is 5.97 Å². The van der Waals surface area contributed by atoms with Crippen LogP contribution in [0.5, 0.6) is 0 Å². The molecule has 0 saturated heterocycles. The van der Waals surface area contributed by atoms with Crippen LogP contribution in [0.2, 0.25) is 0 Å². The van der Waals surface area contributed by atoms with Crippen molar-refractivity contribution in [2.24, 2.45) is 0 Å². The summed E-state index contributed by atoms with van der Waals surface area (Å²) >= 11 is 1.48. The molecule has 0 atom stereocenters. The van der Waals surface area contributed by atoms with Crippen LogP contribution in [0, 0.1) is 0 Å². The lowest BCUT2D eigenvalue weighted by atomic mass is 10.4. The molecule has 0 amide bonds. The van der Waals surface area contributed by atoms with E-state index in [2.05, 4.69) is 15.3 Å². The van der Waals surface area contributed by atoms with Gasteiger partial charge in [-0.2, -0.15) is 0 Å². The number of ether oxygens (including phenoxy) is 1. The third-order valence-electron chi connectivity index (χ3n) is 2.00. The summed E-state index contributed by atoms with van der Waals surface area (Å²) in [5.41, 5.74) is 0.947. The van der Waals surface area contributed by atoms with Crippen LogP contribution in [-0.2, 0) is 4.74 Å². The second-order valence-corrected chi connectivity index (χ2v) is 3.90. The topological polar surface area (TPSA) is 64.1 Å². The van der Waals surface area contributed by atoms with Crippen LogP contribution in [0.1, 0.15) is 17.4 Å². The van der Waals surface area contributed by atoms with Crippen LogP contribution >= 0.6 is 11.3 Å². The van der Waals surface area contributed by atoms with Gasteiger partial charge in [0.05, 0.1) is 6.61 Å². The Labute approximate surface area is 96.5 Å². The molecule has 0 aliphatic rings. The average molecular weight is 237 g/mol. The number of rotatable bonds is 3. The standard InChI is InChI=1S/C10H11N3O2S/c1-3-15-10(14)7-8(11-2)13-9-6(12-7)4-5-16-9/h4-5H,3H2,1-2H3,(H,11,13). The van der Waals surface area contributed by atoms with Crippen LogP contribution in [0.25, 0.3) is 10.3 Å². The first-order valence-corrected chi connectivity index (χ1v) is 5.74. The minimum absolute atomic E-state index is 0.232. The molecule has 0 saturated carbocycles. The summed E-state index contributed by atoms with van der Waals surface area (Å²) in [6.07, 6.45) is 0. The van der Waals surface area contributed by atoms with Gasteiger partial charge in [-0.05, 0) is 18.4 Å². The van der Waals surface area contributed by atoms with Crippen molar-refractivity contribution < 1.29 is 9.53 Å². The van der Waals surface area contributed by atoms with E-state index < -0.39 is 5.97 Å². The molecule has 2 heterocycles. The largest absolute Gasteiger partial charge is 0.461 e. The smallest absolute Gasteiger partial charge is 0.360 e. The van der Waals surface area contributed by atoms with E-state index in [-0.39, 0.29) is 5.69 Å². The number of esters is 1. The van der Waals surface area contributed by atoms with Gasteiger partial charge in [-0.15, -0.1) is 11.3 Å². The zero-order valence-corrected chi connectivity index (χ0v) is 9.80. The van der Waals surface area contributed by atoms with Gasteiger partial charge in [0.25, 0.3) is 0 Å². The maximum Gasteiger partial charge on any atom is 0.360 e. The number of fused-ring (bicyclic) bond motifs is 1. The van der Waals surface area contributed by atoms with E-state index in [1.165, 1.54) is 11.3 Å². The van der Waals surface area contributed by atoms with Crippen molar-refractivity contribution in [3.63, 3.8) is 0 Å². The molecule has 2 aromatic heterocycles. The van der Waals surface area contributed by atoms with Gasteiger partial charge < -0.3 is 10.1 Å². The Morgan fingerprint density at radius 2 is 2.38 bits per heavy atom. The molecule has 6 heteroatoms. The zero-order valence-electron chi connectivity index (χ0n) is 8.98. The average Bonchev–Trinajstić information content (AvgIpc) is 2.74. The first-order chi connectivity index (χ1) is 7.76. The molecule has 16 heavy (non-hydrogen) atoms. The van der Waals surface area contributed by atoms with E-state index in [9.17, 15) is 4.79 Å². The SMILES string of the molecule is CCOC(=O)c1nc2ccsc2nc1NC. The van der Waals surface area contributed by atoms with Gasteiger partial charge in [-0.1, -0.05) is 0 Å². The molecule has 2 aromatic rings. The predicted octanol–water partition coefficient (Wildman–Crippen LogP) is 1.91.